The van der Waals surface area contributed by atoms with Gasteiger partial charge in [-0.15, -0.1) is 11.3 Å². The zero-order valence-corrected chi connectivity index (χ0v) is 29.2. The number of anilines is 3. The lowest BCUT2D eigenvalue weighted by Crippen LogP contribution is -2.11. The van der Waals surface area contributed by atoms with Crippen molar-refractivity contribution >= 4 is 70.1 Å². The minimum absolute atomic E-state index is 1.11. The van der Waals surface area contributed by atoms with Gasteiger partial charge in [0.25, 0.3) is 0 Å². The molecule has 0 amide bonds. The summed E-state index contributed by atoms with van der Waals surface area (Å²) in [5.41, 5.74) is 10.7. The van der Waals surface area contributed by atoms with Crippen molar-refractivity contribution < 1.29 is 0 Å². The average Bonchev–Trinajstić information content (AvgIpc) is 3.60. The van der Waals surface area contributed by atoms with E-state index in [0.717, 1.165) is 17.1 Å². The van der Waals surface area contributed by atoms with Crippen molar-refractivity contribution in [1.29, 1.82) is 0 Å². The lowest BCUT2D eigenvalue weighted by molar-refractivity contribution is 1.29. The first kappa shape index (κ1) is 30.4. The van der Waals surface area contributed by atoms with E-state index in [1.807, 2.05) is 11.3 Å². The summed E-state index contributed by atoms with van der Waals surface area (Å²) in [5.74, 6) is 0. The molecule has 1 heterocycles. The van der Waals surface area contributed by atoms with Crippen LogP contribution in [0, 0.1) is 0 Å². The molecule has 0 N–H and O–H groups in total. The largest absolute Gasteiger partial charge is 0.310 e. The second-order valence-corrected chi connectivity index (χ2v) is 14.4. The smallest absolute Gasteiger partial charge is 0.0554 e. The maximum Gasteiger partial charge on any atom is 0.0554 e. The van der Waals surface area contributed by atoms with Gasteiger partial charge in [-0.2, -0.15) is 0 Å². The summed E-state index contributed by atoms with van der Waals surface area (Å²) in [6, 6.07) is 73.0. The van der Waals surface area contributed by atoms with E-state index in [9.17, 15) is 0 Å². The molecule has 10 rings (SSSR count). The van der Waals surface area contributed by atoms with Crippen molar-refractivity contribution in [3.63, 3.8) is 0 Å². The van der Waals surface area contributed by atoms with E-state index < -0.39 is 0 Å². The molecule has 2 heteroatoms. The molecule has 0 aliphatic heterocycles. The maximum absolute atomic E-state index is 2.44. The van der Waals surface area contributed by atoms with Gasteiger partial charge in [0.2, 0.25) is 0 Å². The van der Waals surface area contributed by atoms with Gasteiger partial charge in [0, 0.05) is 37.1 Å². The Morgan fingerprint density at radius 3 is 1.73 bits per heavy atom. The van der Waals surface area contributed by atoms with Gasteiger partial charge in [-0.1, -0.05) is 158 Å². The number of benzene rings is 9. The van der Waals surface area contributed by atoms with Crippen LogP contribution in [0.5, 0.6) is 0 Å². The molecule has 1 nitrogen and oxygen atoms in total. The second-order valence-electron chi connectivity index (χ2n) is 13.3. The number of nitrogens with zero attached hydrogens (tertiary/aromatic N) is 1. The Morgan fingerprint density at radius 2 is 0.942 bits per heavy atom. The van der Waals surface area contributed by atoms with Gasteiger partial charge < -0.3 is 4.90 Å². The molecule has 9 aromatic carbocycles. The predicted molar refractivity (Wildman–Crippen MR) is 225 cm³/mol. The van der Waals surface area contributed by atoms with Crippen LogP contribution < -0.4 is 4.90 Å². The Balaban J connectivity index is 1.20. The molecule has 0 fully saturated rings. The minimum Gasteiger partial charge on any atom is -0.310 e. The van der Waals surface area contributed by atoms with Crippen LogP contribution in [0.2, 0.25) is 0 Å². The summed E-state index contributed by atoms with van der Waals surface area (Å²) in [6.07, 6.45) is 0. The number of fused-ring (bicyclic) bond motifs is 5. The number of hydrogen-bond acceptors (Lipinski definition) is 2. The maximum atomic E-state index is 2.44. The molecule has 0 atom stereocenters. The summed E-state index contributed by atoms with van der Waals surface area (Å²) in [6.45, 7) is 0. The first-order valence-corrected chi connectivity index (χ1v) is 18.6. The van der Waals surface area contributed by atoms with Gasteiger partial charge in [0.15, 0.2) is 0 Å². The average molecular weight is 680 g/mol. The van der Waals surface area contributed by atoms with Crippen molar-refractivity contribution in [2.45, 2.75) is 0 Å². The highest BCUT2D eigenvalue weighted by Crippen LogP contribution is 2.49. The van der Waals surface area contributed by atoms with E-state index in [1.165, 1.54) is 75.1 Å². The third kappa shape index (κ3) is 5.24. The van der Waals surface area contributed by atoms with Crippen molar-refractivity contribution in [3.8, 4) is 33.4 Å². The monoisotopic (exact) mass is 679 g/mol. The van der Waals surface area contributed by atoms with Crippen LogP contribution in [0.3, 0.4) is 0 Å². The molecule has 0 radical (unpaired) electrons. The summed E-state index contributed by atoms with van der Waals surface area (Å²) in [4.78, 5) is 2.44. The first-order valence-electron chi connectivity index (χ1n) is 17.8. The van der Waals surface area contributed by atoms with Crippen LogP contribution in [-0.2, 0) is 0 Å². The fraction of sp³-hybridized carbons (Fsp3) is 0. The lowest BCUT2D eigenvalue weighted by Gasteiger charge is -2.29. The first-order chi connectivity index (χ1) is 25.8. The Kier molecular flexibility index (Phi) is 7.41. The minimum atomic E-state index is 1.11. The molecule has 1 aromatic heterocycles. The van der Waals surface area contributed by atoms with Gasteiger partial charge in [-0.05, 0) is 91.8 Å². The molecule has 0 aliphatic rings. The SMILES string of the molecule is c1ccc(-c2ccc(N(c3ccc(-c4cccc5ccccc45)cc3)c3ccc4c(sc5ccccc54)c3-c3ccc4ccccc4c3)cc2)cc1. The van der Waals surface area contributed by atoms with E-state index in [4.69, 9.17) is 0 Å². The molecule has 0 aliphatic carbocycles. The van der Waals surface area contributed by atoms with Crippen molar-refractivity contribution in [2.75, 3.05) is 4.90 Å². The zero-order valence-electron chi connectivity index (χ0n) is 28.4. The van der Waals surface area contributed by atoms with Crippen molar-refractivity contribution in [2.24, 2.45) is 0 Å². The normalized spacial score (nSPS) is 11.5. The van der Waals surface area contributed by atoms with E-state index >= 15 is 0 Å². The highest BCUT2D eigenvalue weighted by Gasteiger charge is 2.22. The Morgan fingerprint density at radius 1 is 0.346 bits per heavy atom. The molecular weight excluding hydrogens is 647 g/mol. The molecule has 0 unspecified atom stereocenters. The van der Waals surface area contributed by atoms with Crippen LogP contribution in [0.4, 0.5) is 17.1 Å². The summed E-state index contributed by atoms with van der Waals surface area (Å²) in [7, 11) is 0. The second kappa shape index (κ2) is 12.7. The molecule has 0 spiro atoms. The van der Waals surface area contributed by atoms with Crippen molar-refractivity contribution in [1.82, 2.24) is 0 Å². The highest BCUT2D eigenvalue weighted by atomic mass is 32.1. The van der Waals surface area contributed by atoms with E-state index in [2.05, 4.69) is 205 Å². The van der Waals surface area contributed by atoms with Crippen LogP contribution >= 0.6 is 11.3 Å². The molecule has 0 saturated carbocycles. The third-order valence-corrected chi connectivity index (χ3v) is 11.5. The highest BCUT2D eigenvalue weighted by molar-refractivity contribution is 7.26. The zero-order chi connectivity index (χ0) is 34.4. The summed E-state index contributed by atoms with van der Waals surface area (Å²) in [5, 5.41) is 7.59. The van der Waals surface area contributed by atoms with Crippen LogP contribution in [0.25, 0.3) is 75.1 Å². The summed E-state index contributed by atoms with van der Waals surface area (Å²) < 4.78 is 2.60. The van der Waals surface area contributed by atoms with E-state index in [0.29, 0.717) is 0 Å². The number of hydrogen-bond donors (Lipinski definition) is 0. The standard InChI is InChI=1S/C50H33NS/c1-2-11-34(12-3-1)36-23-27-41(28-24-36)51(42-29-25-38(26-30-42)44-19-10-16-37-14-6-7-17-43(37)44)47-32-31-46-45-18-8-9-20-48(45)52-50(46)49(47)40-22-21-35-13-4-5-15-39(35)33-40/h1-33H. The number of thiophene rings is 1. The van der Waals surface area contributed by atoms with Gasteiger partial charge >= 0.3 is 0 Å². The van der Waals surface area contributed by atoms with Crippen molar-refractivity contribution in [3.05, 3.63) is 200 Å². The van der Waals surface area contributed by atoms with Gasteiger partial charge in [0.1, 0.15) is 0 Å². The van der Waals surface area contributed by atoms with Crippen LogP contribution in [0.1, 0.15) is 0 Å². The van der Waals surface area contributed by atoms with Gasteiger partial charge in [-0.3, -0.25) is 0 Å². The Bertz CT molecular complexity index is 2880. The molecular formula is C50H33NS. The lowest BCUT2D eigenvalue weighted by atomic mass is 9.96. The fourth-order valence-corrected chi connectivity index (χ4v) is 8.98. The summed E-state index contributed by atoms with van der Waals surface area (Å²) >= 11 is 1.88. The van der Waals surface area contributed by atoms with E-state index in [-0.39, 0.29) is 0 Å². The van der Waals surface area contributed by atoms with Gasteiger partial charge in [-0.25, -0.2) is 0 Å². The molecule has 244 valence electrons. The molecule has 0 saturated heterocycles. The third-order valence-electron chi connectivity index (χ3n) is 10.3. The number of rotatable bonds is 6. The molecule has 0 bridgehead atoms. The van der Waals surface area contributed by atoms with Crippen LogP contribution in [0.15, 0.2) is 200 Å². The van der Waals surface area contributed by atoms with E-state index in [1.54, 1.807) is 0 Å². The van der Waals surface area contributed by atoms with Crippen LogP contribution in [-0.4, -0.2) is 0 Å². The fourth-order valence-electron chi connectivity index (χ4n) is 7.72. The quantitative estimate of drug-likeness (QED) is 0.169. The topological polar surface area (TPSA) is 3.24 Å². The molecule has 52 heavy (non-hydrogen) atoms. The Hall–Kier alpha value is -6.48. The Labute approximate surface area is 307 Å². The predicted octanol–water partition coefficient (Wildman–Crippen LogP) is 14.8. The molecule has 10 aromatic rings. The van der Waals surface area contributed by atoms with Gasteiger partial charge in [0.05, 0.1) is 5.69 Å².